The zero-order valence-corrected chi connectivity index (χ0v) is 22.3. The number of benzene rings is 3. The highest BCUT2D eigenvalue weighted by atomic mass is 31.2. The van der Waals surface area contributed by atoms with E-state index in [2.05, 4.69) is 17.9 Å². The third kappa shape index (κ3) is 6.45. The second-order valence-electron chi connectivity index (χ2n) is 10.0. The summed E-state index contributed by atoms with van der Waals surface area (Å²) in [5.74, 6) is 1.31. The highest BCUT2D eigenvalue weighted by Crippen LogP contribution is 2.51. The SMILES string of the molecule is CCCN1CCC[C@@H]2Cc3c(ccc(OCc4ccccc4)c3OP(=O)(O)OCc3ccccc3)C[C@H]21. The van der Waals surface area contributed by atoms with Gasteiger partial charge in [-0.2, -0.15) is 0 Å². The molecule has 0 spiro atoms. The summed E-state index contributed by atoms with van der Waals surface area (Å²) in [4.78, 5) is 13.4. The van der Waals surface area contributed by atoms with Gasteiger partial charge in [0, 0.05) is 11.6 Å². The fourth-order valence-electron chi connectivity index (χ4n) is 5.68. The van der Waals surface area contributed by atoms with E-state index in [0.29, 0.717) is 30.1 Å². The Labute approximate surface area is 219 Å². The van der Waals surface area contributed by atoms with E-state index >= 15 is 0 Å². The molecule has 2 aliphatic rings. The molecule has 0 bridgehead atoms. The molecular formula is C30H36NO5P. The maximum Gasteiger partial charge on any atom is 0.527 e. The molecule has 1 saturated heterocycles. The zero-order chi connectivity index (χ0) is 25.7. The van der Waals surface area contributed by atoms with E-state index < -0.39 is 7.82 Å². The molecule has 1 aliphatic carbocycles. The molecule has 3 atom stereocenters. The third-order valence-corrected chi connectivity index (χ3v) is 8.31. The summed E-state index contributed by atoms with van der Waals surface area (Å²) in [6.45, 7) is 4.81. The van der Waals surface area contributed by atoms with Crippen LogP contribution in [0.3, 0.4) is 0 Å². The van der Waals surface area contributed by atoms with E-state index in [4.69, 9.17) is 13.8 Å². The quantitative estimate of drug-likeness (QED) is 0.305. The van der Waals surface area contributed by atoms with Crippen molar-refractivity contribution in [3.63, 3.8) is 0 Å². The first kappa shape index (κ1) is 26.0. The number of likely N-dealkylation sites (tertiary alicyclic amines) is 1. The smallest absolute Gasteiger partial charge is 0.485 e. The van der Waals surface area contributed by atoms with Crippen LogP contribution in [0, 0.1) is 5.92 Å². The fourth-order valence-corrected chi connectivity index (χ4v) is 6.48. The van der Waals surface area contributed by atoms with Crippen molar-refractivity contribution in [2.75, 3.05) is 13.1 Å². The number of piperidine rings is 1. The Hall–Kier alpha value is -2.63. The van der Waals surface area contributed by atoms with Gasteiger partial charge in [0.1, 0.15) is 6.61 Å². The number of nitrogens with zero attached hydrogens (tertiary/aromatic N) is 1. The molecule has 1 unspecified atom stereocenters. The second-order valence-corrected chi connectivity index (χ2v) is 11.4. The van der Waals surface area contributed by atoms with Crippen molar-refractivity contribution >= 4 is 7.82 Å². The molecule has 0 radical (unpaired) electrons. The monoisotopic (exact) mass is 521 g/mol. The van der Waals surface area contributed by atoms with Crippen LogP contribution < -0.4 is 9.26 Å². The normalized spacial score (nSPS) is 20.9. The number of fused-ring (bicyclic) bond motifs is 2. The molecule has 0 aromatic heterocycles. The van der Waals surface area contributed by atoms with Gasteiger partial charge in [-0.3, -0.25) is 14.3 Å². The summed E-state index contributed by atoms with van der Waals surface area (Å²) in [5, 5.41) is 0. The summed E-state index contributed by atoms with van der Waals surface area (Å²) in [7, 11) is -4.40. The van der Waals surface area contributed by atoms with Crippen molar-refractivity contribution in [1.29, 1.82) is 0 Å². The predicted molar refractivity (Wildman–Crippen MR) is 145 cm³/mol. The topological polar surface area (TPSA) is 68.2 Å². The van der Waals surface area contributed by atoms with Crippen LogP contribution in [0.1, 0.15) is 48.4 Å². The lowest BCUT2D eigenvalue weighted by Crippen LogP contribution is -2.49. The van der Waals surface area contributed by atoms with Crippen LogP contribution in [0.25, 0.3) is 0 Å². The molecule has 7 heteroatoms. The van der Waals surface area contributed by atoms with Crippen LogP contribution in [0.15, 0.2) is 72.8 Å². The lowest BCUT2D eigenvalue weighted by Gasteiger charge is -2.45. The van der Waals surface area contributed by atoms with Gasteiger partial charge in [0.2, 0.25) is 0 Å². The Morgan fingerprint density at radius 1 is 0.946 bits per heavy atom. The Morgan fingerprint density at radius 3 is 2.35 bits per heavy atom. The van der Waals surface area contributed by atoms with Gasteiger partial charge in [0.25, 0.3) is 0 Å². The van der Waals surface area contributed by atoms with Crippen LogP contribution in [-0.4, -0.2) is 28.9 Å². The standard InChI is InChI=1S/C30H36NO5P/c1-2-17-31-18-9-14-26-19-27-25(20-28(26)31)15-16-29(34-21-23-10-5-3-6-11-23)30(27)36-37(32,33)35-22-24-12-7-4-8-13-24/h3-8,10-13,15-16,26,28H,2,9,14,17-22H2,1H3,(H,32,33)/t26-,28-/m1/s1. The van der Waals surface area contributed by atoms with Crippen molar-refractivity contribution in [1.82, 2.24) is 4.90 Å². The number of phosphoric acid groups is 1. The average molecular weight is 522 g/mol. The molecule has 5 rings (SSSR count). The van der Waals surface area contributed by atoms with Crippen LogP contribution in [-0.2, 0) is 35.1 Å². The lowest BCUT2D eigenvalue weighted by molar-refractivity contribution is 0.0847. The van der Waals surface area contributed by atoms with E-state index in [0.717, 1.165) is 61.0 Å². The van der Waals surface area contributed by atoms with Crippen molar-refractivity contribution in [3.8, 4) is 11.5 Å². The lowest BCUT2D eigenvalue weighted by atomic mass is 9.75. The number of ether oxygens (including phenoxy) is 1. The maximum absolute atomic E-state index is 13.1. The molecule has 1 fully saturated rings. The maximum atomic E-state index is 13.1. The molecular weight excluding hydrogens is 485 g/mol. The van der Waals surface area contributed by atoms with Gasteiger partial charge in [-0.15, -0.1) is 0 Å². The first-order chi connectivity index (χ1) is 18.0. The van der Waals surface area contributed by atoms with Crippen LogP contribution in [0.5, 0.6) is 11.5 Å². The van der Waals surface area contributed by atoms with E-state index in [1.165, 1.54) is 6.42 Å². The minimum absolute atomic E-state index is 0.0134. The van der Waals surface area contributed by atoms with Crippen molar-refractivity contribution < 1.29 is 23.2 Å². The molecule has 3 aromatic rings. The van der Waals surface area contributed by atoms with Gasteiger partial charge in [-0.1, -0.05) is 73.7 Å². The molecule has 1 heterocycles. The number of rotatable bonds is 10. The van der Waals surface area contributed by atoms with Gasteiger partial charge in [0.15, 0.2) is 11.5 Å². The highest BCUT2D eigenvalue weighted by molar-refractivity contribution is 7.47. The molecule has 37 heavy (non-hydrogen) atoms. The van der Waals surface area contributed by atoms with E-state index in [1.807, 2.05) is 66.7 Å². The summed E-state index contributed by atoms with van der Waals surface area (Å²) in [6, 6.07) is 23.7. The largest absolute Gasteiger partial charge is 0.527 e. The van der Waals surface area contributed by atoms with Crippen LogP contribution in [0.2, 0.25) is 0 Å². The molecule has 0 saturated carbocycles. The number of hydrogen-bond donors (Lipinski definition) is 1. The highest BCUT2D eigenvalue weighted by Gasteiger charge is 2.38. The van der Waals surface area contributed by atoms with Gasteiger partial charge in [-0.05, 0) is 73.9 Å². The molecule has 0 amide bonds. The minimum Gasteiger partial charge on any atom is -0.485 e. The Kier molecular flexibility index (Phi) is 8.31. The third-order valence-electron chi connectivity index (χ3n) is 7.44. The second kappa shape index (κ2) is 11.8. The van der Waals surface area contributed by atoms with Crippen molar-refractivity contribution in [2.45, 2.75) is 58.3 Å². The Morgan fingerprint density at radius 2 is 1.65 bits per heavy atom. The number of phosphoric ester groups is 1. The van der Waals surface area contributed by atoms with Crippen LogP contribution >= 0.6 is 7.82 Å². The van der Waals surface area contributed by atoms with E-state index in [-0.39, 0.29) is 6.61 Å². The zero-order valence-electron chi connectivity index (χ0n) is 21.4. The Balaban J connectivity index is 1.42. The molecule has 1 aliphatic heterocycles. The minimum atomic E-state index is -4.40. The van der Waals surface area contributed by atoms with Crippen molar-refractivity contribution in [2.24, 2.45) is 5.92 Å². The van der Waals surface area contributed by atoms with Gasteiger partial charge < -0.3 is 9.26 Å². The molecule has 1 N–H and O–H groups in total. The van der Waals surface area contributed by atoms with E-state index in [1.54, 1.807) is 0 Å². The first-order valence-electron chi connectivity index (χ1n) is 13.3. The Bertz CT molecular complexity index is 1220. The summed E-state index contributed by atoms with van der Waals surface area (Å²) in [5.41, 5.74) is 3.95. The van der Waals surface area contributed by atoms with Gasteiger partial charge >= 0.3 is 7.82 Å². The van der Waals surface area contributed by atoms with Crippen LogP contribution in [0.4, 0.5) is 0 Å². The van der Waals surface area contributed by atoms with Gasteiger partial charge in [0.05, 0.1) is 6.61 Å². The molecule has 196 valence electrons. The van der Waals surface area contributed by atoms with Crippen molar-refractivity contribution in [3.05, 3.63) is 95.1 Å². The number of hydrogen-bond acceptors (Lipinski definition) is 5. The fraction of sp³-hybridized carbons (Fsp3) is 0.400. The first-order valence-corrected chi connectivity index (χ1v) is 14.8. The predicted octanol–water partition coefficient (Wildman–Crippen LogP) is 6.55. The summed E-state index contributed by atoms with van der Waals surface area (Å²) in [6.07, 6.45) is 5.19. The molecule has 6 nitrogen and oxygen atoms in total. The average Bonchev–Trinajstić information content (AvgIpc) is 2.92. The van der Waals surface area contributed by atoms with E-state index in [9.17, 15) is 9.46 Å². The van der Waals surface area contributed by atoms with Gasteiger partial charge in [-0.25, -0.2) is 4.57 Å². The summed E-state index contributed by atoms with van der Waals surface area (Å²) >= 11 is 0. The summed E-state index contributed by atoms with van der Waals surface area (Å²) < 4.78 is 30.6. The molecule has 3 aromatic carbocycles.